The molecule has 1 nitrogen and oxygen atoms in total. The number of para-hydroxylation sites is 1. The van der Waals surface area contributed by atoms with Gasteiger partial charge in [0, 0.05) is 6.42 Å². The summed E-state index contributed by atoms with van der Waals surface area (Å²) < 4.78 is 7.10. The van der Waals surface area contributed by atoms with Gasteiger partial charge in [0.2, 0.25) is 0 Å². The molecule has 1 aromatic carbocycles. The number of hydrogen-bond donors (Lipinski definition) is 0. The van der Waals surface area contributed by atoms with E-state index in [1.165, 1.54) is 223 Å². The van der Waals surface area contributed by atoms with Crippen LogP contribution in [0.3, 0.4) is 0 Å². The Bertz CT molecular complexity index is 800. The lowest BCUT2D eigenvalue weighted by Gasteiger charge is -2.19. The van der Waals surface area contributed by atoms with Crippen molar-refractivity contribution in [1.29, 1.82) is 0 Å². The Morgan fingerprint density at radius 1 is 0.375 bits per heavy atom. The fourth-order valence-corrected chi connectivity index (χ4v) is 7.28. The molecule has 0 fully saturated rings. The van der Waals surface area contributed by atoms with Crippen molar-refractivity contribution in [3.63, 3.8) is 0 Å². The van der Waals surface area contributed by atoms with Crippen LogP contribution in [-0.2, 0) is 6.42 Å². The average molecular weight is 667 g/mol. The molecule has 1 aromatic rings. The predicted molar refractivity (Wildman–Crippen MR) is 217 cm³/mol. The van der Waals surface area contributed by atoms with Gasteiger partial charge in [0.15, 0.2) is 0 Å². The molecule has 0 bridgehead atoms. The van der Waals surface area contributed by atoms with Crippen molar-refractivity contribution >= 4 is 0 Å². The first-order valence-electron chi connectivity index (χ1n) is 22.2. The molecule has 1 rings (SSSR count). The van der Waals surface area contributed by atoms with E-state index in [-0.39, 0.29) is 0 Å². The standard InChI is InChI=1S/C47H86O/c1-5-9-13-17-21-25-29-33-38-44(39-34-30-26-22-18-14-10-6-2)46(42-35-31-27-23-19-15-11-7-3)48-47-43-37-36-41-45(47)40-32-28-24-20-16-12-8-4/h36-37,41,43H,5-35,38-40,42H2,1-4H3. The molecule has 0 amide bonds. The van der Waals surface area contributed by atoms with E-state index in [1.54, 1.807) is 5.57 Å². The fraction of sp³-hybridized carbons (Fsp3) is 0.830. The number of benzene rings is 1. The lowest BCUT2D eigenvalue weighted by Crippen LogP contribution is -2.05. The maximum Gasteiger partial charge on any atom is 0.130 e. The second-order valence-electron chi connectivity index (χ2n) is 15.3. The van der Waals surface area contributed by atoms with Gasteiger partial charge in [0.25, 0.3) is 0 Å². The molecule has 0 saturated heterocycles. The molecule has 0 saturated carbocycles. The van der Waals surface area contributed by atoms with Crippen LogP contribution in [0.1, 0.15) is 252 Å². The Balaban J connectivity index is 2.94. The van der Waals surface area contributed by atoms with E-state index in [0.29, 0.717) is 0 Å². The van der Waals surface area contributed by atoms with Crippen molar-refractivity contribution in [3.05, 3.63) is 41.2 Å². The molecule has 0 atom stereocenters. The van der Waals surface area contributed by atoms with Gasteiger partial charge < -0.3 is 4.74 Å². The summed E-state index contributed by atoms with van der Waals surface area (Å²) in [7, 11) is 0. The Labute approximate surface area is 303 Å². The Morgan fingerprint density at radius 3 is 1.12 bits per heavy atom. The molecule has 0 aliphatic heterocycles. The highest BCUT2D eigenvalue weighted by atomic mass is 16.5. The first-order chi connectivity index (χ1) is 23.8. The number of ether oxygens (including phenoxy) is 1. The maximum absolute atomic E-state index is 7.10. The third kappa shape index (κ3) is 26.6. The Kier molecular flexibility index (Phi) is 33.2. The van der Waals surface area contributed by atoms with Crippen molar-refractivity contribution < 1.29 is 4.74 Å². The topological polar surface area (TPSA) is 9.23 Å². The van der Waals surface area contributed by atoms with Crippen molar-refractivity contribution in [1.82, 2.24) is 0 Å². The molecule has 0 radical (unpaired) electrons. The molecular formula is C47H86O. The summed E-state index contributed by atoms with van der Waals surface area (Å²) in [5, 5.41) is 0. The van der Waals surface area contributed by atoms with Crippen LogP contribution >= 0.6 is 0 Å². The lowest BCUT2D eigenvalue weighted by molar-refractivity contribution is 0.376. The molecular weight excluding hydrogens is 581 g/mol. The SMILES string of the molecule is CCCCCCCCCCC(CCCCCCCCCC)=C(CCCCCCCCCC)Oc1ccccc1CCCCCCCCC. The van der Waals surface area contributed by atoms with Crippen molar-refractivity contribution in [3.8, 4) is 5.75 Å². The summed E-state index contributed by atoms with van der Waals surface area (Å²) in [6.45, 7) is 9.27. The second kappa shape index (κ2) is 35.6. The monoisotopic (exact) mass is 667 g/mol. The van der Waals surface area contributed by atoms with E-state index in [9.17, 15) is 0 Å². The van der Waals surface area contributed by atoms with E-state index >= 15 is 0 Å². The van der Waals surface area contributed by atoms with E-state index < -0.39 is 0 Å². The molecule has 0 heterocycles. The van der Waals surface area contributed by atoms with Crippen LogP contribution in [0.15, 0.2) is 35.6 Å². The summed E-state index contributed by atoms with van der Waals surface area (Å²) in [5.41, 5.74) is 3.10. The summed E-state index contributed by atoms with van der Waals surface area (Å²) >= 11 is 0. The number of unbranched alkanes of at least 4 members (excludes halogenated alkanes) is 27. The zero-order valence-corrected chi connectivity index (χ0v) is 33.5. The van der Waals surface area contributed by atoms with Gasteiger partial charge in [-0.1, -0.05) is 219 Å². The first kappa shape index (κ1) is 44.8. The summed E-state index contributed by atoms with van der Waals surface area (Å²) in [6, 6.07) is 9.05. The van der Waals surface area contributed by atoms with Gasteiger partial charge in [-0.15, -0.1) is 0 Å². The average Bonchev–Trinajstić information content (AvgIpc) is 3.10. The third-order valence-corrected chi connectivity index (χ3v) is 10.6. The van der Waals surface area contributed by atoms with Gasteiger partial charge in [0.1, 0.15) is 11.5 Å². The molecule has 0 unspecified atom stereocenters. The molecule has 48 heavy (non-hydrogen) atoms. The van der Waals surface area contributed by atoms with Crippen LogP contribution in [-0.4, -0.2) is 0 Å². The molecule has 1 heteroatoms. The zero-order chi connectivity index (χ0) is 34.6. The highest BCUT2D eigenvalue weighted by Gasteiger charge is 2.13. The van der Waals surface area contributed by atoms with Crippen molar-refractivity contribution in [2.75, 3.05) is 0 Å². The third-order valence-electron chi connectivity index (χ3n) is 10.6. The van der Waals surface area contributed by atoms with Gasteiger partial charge in [-0.25, -0.2) is 0 Å². The highest BCUT2D eigenvalue weighted by molar-refractivity contribution is 5.35. The van der Waals surface area contributed by atoms with Crippen LogP contribution < -0.4 is 4.74 Å². The molecule has 0 aromatic heterocycles. The largest absolute Gasteiger partial charge is 0.462 e. The van der Waals surface area contributed by atoms with Gasteiger partial charge in [0.05, 0.1) is 0 Å². The van der Waals surface area contributed by atoms with Crippen LogP contribution in [0, 0.1) is 0 Å². The fourth-order valence-electron chi connectivity index (χ4n) is 7.28. The van der Waals surface area contributed by atoms with Crippen molar-refractivity contribution in [2.24, 2.45) is 0 Å². The lowest BCUT2D eigenvalue weighted by atomic mass is 9.96. The van der Waals surface area contributed by atoms with E-state index in [2.05, 4.69) is 52.0 Å². The molecule has 0 aliphatic carbocycles. The van der Waals surface area contributed by atoms with Crippen LogP contribution in [0.4, 0.5) is 0 Å². The van der Waals surface area contributed by atoms with Crippen LogP contribution in [0.5, 0.6) is 5.75 Å². The van der Waals surface area contributed by atoms with Gasteiger partial charge >= 0.3 is 0 Å². The van der Waals surface area contributed by atoms with E-state index in [1.807, 2.05) is 0 Å². The normalized spacial score (nSPS) is 11.3. The van der Waals surface area contributed by atoms with Crippen LogP contribution in [0.2, 0.25) is 0 Å². The quantitative estimate of drug-likeness (QED) is 0.0507. The number of hydrogen-bond acceptors (Lipinski definition) is 1. The summed E-state index contributed by atoms with van der Waals surface area (Å²) in [4.78, 5) is 0. The van der Waals surface area contributed by atoms with E-state index in [0.717, 1.165) is 18.6 Å². The van der Waals surface area contributed by atoms with Gasteiger partial charge in [-0.2, -0.15) is 0 Å². The molecule has 280 valence electrons. The molecule has 0 aliphatic rings. The summed E-state index contributed by atoms with van der Waals surface area (Å²) in [6.07, 6.45) is 47.6. The van der Waals surface area contributed by atoms with E-state index in [4.69, 9.17) is 4.74 Å². The van der Waals surface area contributed by atoms with Crippen molar-refractivity contribution in [2.45, 2.75) is 252 Å². The van der Waals surface area contributed by atoms with Gasteiger partial charge in [-0.3, -0.25) is 0 Å². The van der Waals surface area contributed by atoms with Crippen LogP contribution in [0.25, 0.3) is 0 Å². The minimum absolute atomic E-state index is 1.13. The smallest absolute Gasteiger partial charge is 0.130 e. The minimum Gasteiger partial charge on any atom is -0.462 e. The molecule has 0 spiro atoms. The first-order valence-corrected chi connectivity index (χ1v) is 22.2. The maximum atomic E-state index is 7.10. The minimum atomic E-state index is 1.13. The zero-order valence-electron chi connectivity index (χ0n) is 33.5. The van der Waals surface area contributed by atoms with Gasteiger partial charge in [-0.05, 0) is 62.1 Å². The summed E-state index contributed by atoms with van der Waals surface area (Å²) in [5.74, 6) is 2.52. The predicted octanol–water partition coefficient (Wildman–Crippen LogP) is 17.2. The number of rotatable bonds is 37. The number of aryl methyl sites for hydroxylation is 1. The Morgan fingerprint density at radius 2 is 0.708 bits per heavy atom. The highest BCUT2D eigenvalue weighted by Crippen LogP contribution is 2.30. The molecule has 0 N–H and O–H groups in total. The second-order valence-corrected chi connectivity index (χ2v) is 15.3. The Hall–Kier alpha value is -1.24. The number of allylic oxidation sites excluding steroid dienone is 2.